The Morgan fingerprint density at radius 1 is 1.15 bits per heavy atom. The number of aryl methyl sites for hydroxylation is 2. The molecule has 1 aliphatic carbocycles. The van der Waals surface area contributed by atoms with Gasteiger partial charge in [-0.3, -0.25) is 0 Å². The predicted octanol–water partition coefficient (Wildman–Crippen LogP) is 2.53. The number of fused-ring (bicyclic) bond motifs is 3. The van der Waals surface area contributed by atoms with E-state index in [1.165, 1.54) is 21.4 Å². The first-order chi connectivity index (χ1) is 13.3. The number of rotatable bonds is 4. The van der Waals surface area contributed by atoms with Crippen molar-refractivity contribution >= 4 is 21.6 Å². The Hall–Kier alpha value is -2.09. The van der Waals surface area contributed by atoms with Gasteiger partial charge in [0.2, 0.25) is 5.88 Å². The van der Waals surface area contributed by atoms with Crippen LogP contribution in [-0.4, -0.2) is 36.3 Å². The smallest absolute Gasteiger partial charge is 0.232 e. The summed E-state index contributed by atoms with van der Waals surface area (Å²) >= 11 is 1.73. The van der Waals surface area contributed by atoms with Gasteiger partial charge in [0.25, 0.3) is 0 Å². The summed E-state index contributed by atoms with van der Waals surface area (Å²) in [4.78, 5) is 13.3. The number of para-hydroxylation sites is 1. The van der Waals surface area contributed by atoms with E-state index in [-0.39, 0.29) is 11.6 Å². The number of morpholine rings is 1. The minimum atomic E-state index is -0.378. The van der Waals surface area contributed by atoms with Crippen molar-refractivity contribution in [2.45, 2.75) is 25.8 Å². The second-order valence-electron chi connectivity index (χ2n) is 7.05. The highest BCUT2D eigenvalue weighted by Gasteiger charge is 2.25. The predicted molar refractivity (Wildman–Crippen MR) is 101 cm³/mol. The Morgan fingerprint density at radius 3 is 2.85 bits per heavy atom. The number of benzene rings is 1. The highest BCUT2D eigenvalue weighted by Crippen LogP contribution is 2.41. The molecule has 0 saturated carbocycles. The van der Waals surface area contributed by atoms with E-state index in [1.807, 2.05) is 0 Å². The Kier molecular flexibility index (Phi) is 4.51. The van der Waals surface area contributed by atoms with Gasteiger partial charge in [-0.15, -0.1) is 11.3 Å². The van der Waals surface area contributed by atoms with Crippen LogP contribution in [0.4, 0.5) is 4.39 Å². The molecular weight excluding hydrogens is 365 g/mol. The highest BCUT2D eigenvalue weighted by atomic mass is 32.1. The van der Waals surface area contributed by atoms with E-state index in [0.29, 0.717) is 5.88 Å². The van der Waals surface area contributed by atoms with E-state index >= 15 is 0 Å². The molecule has 1 saturated heterocycles. The summed E-state index contributed by atoms with van der Waals surface area (Å²) < 4.78 is 25.6. The fraction of sp³-hybridized carbons (Fsp3) is 0.400. The van der Waals surface area contributed by atoms with E-state index in [9.17, 15) is 4.39 Å². The van der Waals surface area contributed by atoms with Crippen molar-refractivity contribution in [3.8, 4) is 11.6 Å². The van der Waals surface area contributed by atoms with Gasteiger partial charge in [-0.25, -0.2) is 9.37 Å². The minimum Gasteiger partial charge on any atom is -0.435 e. The van der Waals surface area contributed by atoms with Crippen LogP contribution in [0.15, 0.2) is 24.3 Å². The van der Waals surface area contributed by atoms with E-state index in [4.69, 9.17) is 19.4 Å². The van der Waals surface area contributed by atoms with Crippen LogP contribution >= 0.6 is 11.3 Å². The third-order valence-corrected chi connectivity index (χ3v) is 6.41. The number of thiophene rings is 1. The Bertz CT molecular complexity index is 985. The molecule has 0 atom stereocenters. The molecule has 1 fully saturated rings. The number of quaternary nitrogens is 1. The Labute approximate surface area is 160 Å². The van der Waals surface area contributed by atoms with E-state index < -0.39 is 0 Å². The molecule has 0 bridgehead atoms. The molecule has 2 aliphatic rings. The number of hydrogen-bond donors (Lipinski definition) is 1. The summed E-state index contributed by atoms with van der Waals surface area (Å²) in [7, 11) is 0. The average molecular weight is 386 g/mol. The zero-order valence-electron chi connectivity index (χ0n) is 15.0. The lowest BCUT2D eigenvalue weighted by Gasteiger charge is -2.23. The van der Waals surface area contributed by atoms with E-state index in [1.54, 1.807) is 29.5 Å². The summed E-state index contributed by atoms with van der Waals surface area (Å²) in [5, 5.41) is 0.969. The van der Waals surface area contributed by atoms with Crippen molar-refractivity contribution < 1.29 is 18.8 Å². The molecule has 27 heavy (non-hydrogen) atoms. The molecule has 1 aliphatic heterocycles. The first-order valence-corrected chi connectivity index (χ1v) is 10.2. The topological polar surface area (TPSA) is 48.7 Å². The fourth-order valence-corrected chi connectivity index (χ4v) is 5.12. The molecule has 2 aromatic heterocycles. The molecule has 1 N–H and O–H groups in total. The molecule has 3 aromatic rings. The quantitative estimate of drug-likeness (QED) is 0.749. The van der Waals surface area contributed by atoms with Gasteiger partial charge >= 0.3 is 0 Å². The monoisotopic (exact) mass is 386 g/mol. The maximum absolute atomic E-state index is 14.2. The van der Waals surface area contributed by atoms with E-state index in [2.05, 4.69) is 0 Å². The van der Waals surface area contributed by atoms with Gasteiger partial charge in [0.1, 0.15) is 24.5 Å². The van der Waals surface area contributed by atoms with E-state index in [0.717, 1.165) is 68.2 Å². The fourth-order valence-electron chi connectivity index (χ4n) is 3.85. The van der Waals surface area contributed by atoms with Crippen LogP contribution in [0.5, 0.6) is 11.6 Å². The molecule has 140 valence electrons. The van der Waals surface area contributed by atoms with Crippen LogP contribution in [0, 0.1) is 5.82 Å². The number of nitrogens with one attached hydrogen (secondary N) is 1. The van der Waals surface area contributed by atoms with Crippen LogP contribution < -0.4 is 9.64 Å². The first kappa shape index (κ1) is 17.0. The largest absolute Gasteiger partial charge is 0.435 e. The van der Waals surface area contributed by atoms with Gasteiger partial charge < -0.3 is 14.4 Å². The summed E-state index contributed by atoms with van der Waals surface area (Å²) in [5.41, 5.74) is 1.28. The zero-order valence-corrected chi connectivity index (χ0v) is 15.8. The van der Waals surface area contributed by atoms with Gasteiger partial charge in [0, 0.05) is 4.88 Å². The van der Waals surface area contributed by atoms with Crippen molar-refractivity contribution in [1.82, 2.24) is 9.97 Å². The maximum atomic E-state index is 14.2. The van der Waals surface area contributed by atoms with Crippen molar-refractivity contribution in [3.05, 3.63) is 46.3 Å². The lowest BCUT2D eigenvalue weighted by molar-refractivity contribution is -0.922. The third kappa shape index (κ3) is 3.31. The van der Waals surface area contributed by atoms with Crippen LogP contribution in [-0.2, 0) is 24.1 Å². The number of aromatic nitrogens is 2. The van der Waals surface area contributed by atoms with Crippen molar-refractivity contribution in [3.63, 3.8) is 0 Å². The van der Waals surface area contributed by atoms with Crippen LogP contribution in [0.25, 0.3) is 10.2 Å². The van der Waals surface area contributed by atoms with Crippen LogP contribution in [0.2, 0.25) is 0 Å². The molecule has 0 unspecified atom stereocenters. The average Bonchev–Trinajstić information content (AvgIpc) is 3.25. The summed E-state index contributed by atoms with van der Waals surface area (Å²) in [6, 6.07) is 6.48. The lowest BCUT2D eigenvalue weighted by atomic mass is 10.2. The third-order valence-electron chi connectivity index (χ3n) is 5.23. The molecular formula is C20H21FN3O2S+. The lowest BCUT2D eigenvalue weighted by Crippen LogP contribution is -3.12. The van der Waals surface area contributed by atoms with Crippen molar-refractivity contribution in [1.29, 1.82) is 0 Å². The molecule has 3 heterocycles. The van der Waals surface area contributed by atoms with Gasteiger partial charge in [-0.2, -0.15) is 4.98 Å². The molecule has 1 aromatic carbocycles. The van der Waals surface area contributed by atoms with Gasteiger partial charge in [-0.1, -0.05) is 12.1 Å². The Morgan fingerprint density at radius 2 is 2.00 bits per heavy atom. The molecule has 5 nitrogen and oxygen atoms in total. The SMILES string of the molecule is Fc1ccccc1Oc1nc(C[NH+]2CCOCC2)nc2sc3c(c12)CCC3. The van der Waals surface area contributed by atoms with Crippen molar-refractivity contribution in [2.24, 2.45) is 0 Å². The van der Waals surface area contributed by atoms with Crippen LogP contribution in [0.3, 0.4) is 0 Å². The van der Waals surface area contributed by atoms with Gasteiger partial charge in [0.05, 0.1) is 18.6 Å². The molecule has 0 amide bonds. The highest BCUT2D eigenvalue weighted by molar-refractivity contribution is 7.19. The number of halogens is 1. The molecule has 0 spiro atoms. The summed E-state index contributed by atoms with van der Waals surface area (Å²) in [6.07, 6.45) is 3.25. The number of nitrogens with zero attached hydrogens (tertiary/aromatic N) is 2. The van der Waals surface area contributed by atoms with Gasteiger partial charge in [0.15, 0.2) is 17.4 Å². The Balaban J connectivity index is 1.56. The second-order valence-corrected chi connectivity index (χ2v) is 8.14. The maximum Gasteiger partial charge on any atom is 0.232 e. The number of ether oxygens (including phenoxy) is 2. The van der Waals surface area contributed by atoms with Crippen LogP contribution in [0.1, 0.15) is 22.7 Å². The standard InChI is InChI=1S/C20H20FN3O2S/c21-14-5-1-2-6-15(14)26-19-18-13-4-3-7-16(13)27-20(18)23-17(22-19)12-24-8-10-25-11-9-24/h1-2,5-6H,3-4,7-12H2/p+1. The molecule has 7 heteroatoms. The second kappa shape index (κ2) is 7.14. The van der Waals surface area contributed by atoms with Crippen molar-refractivity contribution in [2.75, 3.05) is 26.3 Å². The normalized spacial score (nSPS) is 17.4. The summed E-state index contributed by atoms with van der Waals surface area (Å²) in [5.74, 6) is 1.08. The van der Waals surface area contributed by atoms with Gasteiger partial charge in [-0.05, 0) is 37.0 Å². The summed E-state index contributed by atoms with van der Waals surface area (Å²) in [6.45, 7) is 4.17. The minimum absolute atomic E-state index is 0.208. The zero-order chi connectivity index (χ0) is 18.2. The molecule has 5 rings (SSSR count). The number of hydrogen-bond acceptors (Lipinski definition) is 5. The first-order valence-electron chi connectivity index (χ1n) is 9.43. The molecule has 0 radical (unpaired) electrons.